The number of nitrogens with one attached hydrogen (secondary N) is 1. The van der Waals surface area contributed by atoms with Crippen molar-refractivity contribution < 1.29 is 4.74 Å². The van der Waals surface area contributed by atoms with E-state index in [2.05, 4.69) is 42.6 Å². The zero-order valence-corrected chi connectivity index (χ0v) is 9.62. The normalized spacial score (nSPS) is 26.8. The summed E-state index contributed by atoms with van der Waals surface area (Å²) in [6.45, 7) is 4.16. The van der Waals surface area contributed by atoms with Crippen molar-refractivity contribution in [1.82, 2.24) is 5.32 Å². The summed E-state index contributed by atoms with van der Waals surface area (Å²) in [7, 11) is 0. The SMILES string of the molecule is CCc1ccc2c(c1)C=CC1(CCNC1)O2. The second-order valence-electron chi connectivity index (χ2n) is 4.65. The molecule has 0 aromatic heterocycles. The number of ether oxygens (including phenoxy) is 1. The first-order valence-electron chi connectivity index (χ1n) is 6.03. The van der Waals surface area contributed by atoms with Crippen LogP contribution in [0.1, 0.15) is 24.5 Å². The van der Waals surface area contributed by atoms with Crippen LogP contribution < -0.4 is 10.1 Å². The van der Waals surface area contributed by atoms with Crippen LogP contribution in [0.15, 0.2) is 24.3 Å². The van der Waals surface area contributed by atoms with Crippen molar-refractivity contribution in [3.63, 3.8) is 0 Å². The average molecular weight is 215 g/mol. The Morgan fingerprint density at radius 3 is 3.12 bits per heavy atom. The van der Waals surface area contributed by atoms with Crippen LogP contribution in [-0.2, 0) is 6.42 Å². The highest BCUT2D eigenvalue weighted by Crippen LogP contribution is 2.34. The largest absolute Gasteiger partial charge is 0.481 e. The standard InChI is InChI=1S/C14H17NO/c1-2-11-3-4-13-12(9-11)5-6-14(16-13)7-8-15-10-14/h3-6,9,15H,2,7-8,10H2,1H3. The second kappa shape index (κ2) is 3.63. The van der Waals surface area contributed by atoms with Gasteiger partial charge in [-0.15, -0.1) is 0 Å². The minimum absolute atomic E-state index is 0.0826. The number of hydrogen-bond donors (Lipinski definition) is 1. The van der Waals surface area contributed by atoms with Gasteiger partial charge in [-0.05, 0) is 36.7 Å². The molecule has 2 nitrogen and oxygen atoms in total. The van der Waals surface area contributed by atoms with E-state index in [-0.39, 0.29) is 5.60 Å². The van der Waals surface area contributed by atoms with Gasteiger partial charge in [-0.3, -0.25) is 0 Å². The van der Waals surface area contributed by atoms with Gasteiger partial charge in [0.2, 0.25) is 0 Å². The van der Waals surface area contributed by atoms with Crippen LogP contribution in [0.5, 0.6) is 5.75 Å². The Hall–Kier alpha value is -1.28. The van der Waals surface area contributed by atoms with Gasteiger partial charge in [-0.25, -0.2) is 0 Å². The lowest BCUT2D eigenvalue weighted by Gasteiger charge is -2.30. The minimum Gasteiger partial charge on any atom is -0.481 e. The fourth-order valence-electron chi connectivity index (χ4n) is 2.45. The Bertz CT molecular complexity index is 430. The van der Waals surface area contributed by atoms with Crippen LogP contribution in [0.4, 0.5) is 0 Å². The number of hydrogen-bond acceptors (Lipinski definition) is 2. The Morgan fingerprint density at radius 1 is 1.44 bits per heavy atom. The van der Waals surface area contributed by atoms with Crippen molar-refractivity contribution in [3.8, 4) is 5.75 Å². The topological polar surface area (TPSA) is 21.3 Å². The summed E-state index contributed by atoms with van der Waals surface area (Å²) in [6, 6.07) is 6.49. The molecule has 2 heteroatoms. The summed E-state index contributed by atoms with van der Waals surface area (Å²) in [6.07, 6.45) is 6.58. The average Bonchev–Trinajstić information content (AvgIpc) is 2.77. The molecule has 0 amide bonds. The van der Waals surface area contributed by atoms with Gasteiger partial charge in [-0.2, -0.15) is 0 Å². The number of benzene rings is 1. The third kappa shape index (κ3) is 1.54. The van der Waals surface area contributed by atoms with Gasteiger partial charge in [0.1, 0.15) is 11.4 Å². The van der Waals surface area contributed by atoms with Crippen molar-refractivity contribution >= 4 is 6.08 Å². The molecule has 1 spiro atoms. The fourth-order valence-corrected chi connectivity index (χ4v) is 2.45. The van der Waals surface area contributed by atoms with Crippen LogP contribution >= 0.6 is 0 Å². The molecule has 0 saturated carbocycles. The number of aryl methyl sites for hydroxylation is 1. The highest BCUT2D eigenvalue weighted by atomic mass is 16.5. The summed E-state index contributed by atoms with van der Waals surface area (Å²) in [5, 5.41) is 3.36. The highest BCUT2D eigenvalue weighted by molar-refractivity contribution is 5.62. The molecule has 16 heavy (non-hydrogen) atoms. The van der Waals surface area contributed by atoms with Gasteiger partial charge >= 0.3 is 0 Å². The first-order valence-corrected chi connectivity index (χ1v) is 6.03. The zero-order valence-electron chi connectivity index (χ0n) is 9.62. The van der Waals surface area contributed by atoms with E-state index in [9.17, 15) is 0 Å². The maximum atomic E-state index is 6.13. The molecule has 1 saturated heterocycles. The molecule has 0 radical (unpaired) electrons. The van der Waals surface area contributed by atoms with Crippen LogP contribution in [0.2, 0.25) is 0 Å². The summed E-state index contributed by atoms with van der Waals surface area (Å²) >= 11 is 0. The van der Waals surface area contributed by atoms with Gasteiger partial charge in [0.05, 0.1) is 0 Å². The predicted molar refractivity (Wildman–Crippen MR) is 65.7 cm³/mol. The van der Waals surface area contributed by atoms with Gasteiger partial charge in [0, 0.05) is 18.5 Å². The van der Waals surface area contributed by atoms with Crippen molar-refractivity contribution in [2.45, 2.75) is 25.4 Å². The van der Waals surface area contributed by atoms with E-state index in [1.807, 2.05) is 0 Å². The van der Waals surface area contributed by atoms with Crippen molar-refractivity contribution in [3.05, 3.63) is 35.4 Å². The fraction of sp³-hybridized carbons (Fsp3) is 0.429. The first-order chi connectivity index (χ1) is 7.81. The van der Waals surface area contributed by atoms with E-state index in [4.69, 9.17) is 4.74 Å². The Kier molecular flexibility index (Phi) is 2.25. The van der Waals surface area contributed by atoms with E-state index in [1.165, 1.54) is 11.1 Å². The Labute approximate surface area is 96.3 Å². The first kappa shape index (κ1) is 9.91. The van der Waals surface area contributed by atoms with Crippen LogP contribution in [0, 0.1) is 0 Å². The van der Waals surface area contributed by atoms with Gasteiger partial charge in [-0.1, -0.05) is 19.1 Å². The molecule has 1 N–H and O–H groups in total. The zero-order chi connectivity index (χ0) is 11.0. The van der Waals surface area contributed by atoms with Crippen molar-refractivity contribution in [2.75, 3.05) is 13.1 Å². The minimum atomic E-state index is -0.0826. The van der Waals surface area contributed by atoms with Crippen molar-refractivity contribution in [2.24, 2.45) is 0 Å². The molecule has 1 atom stereocenters. The number of fused-ring (bicyclic) bond motifs is 1. The highest BCUT2D eigenvalue weighted by Gasteiger charge is 2.35. The Morgan fingerprint density at radius 2 is 2.38 bits per heavy atom. The third-order valence-corrected chi connectivity index (χ3v) is 3.51. The second-order valence-corrected chi connectivity index (χ2v) is 4.65. The van der Waals surface area contributed by atoms with E-state index in [0.29, 0.717) is 0 Å². The molecule has 3 rings (SSSR count). The summed E-state index contributed by atoms with van der Waals surface area (Å²) in [4.78, 5) is 0. The van der Waals surface area contributed by atoms with Crippen LogP contribution in [0.3, 0.4) is 0 Å². The molecule has 1 unspecified atom stereocenters. The molecular formula is C14H17NO. The van der Waals surface area contributed by atoms with E-state index in [0.717, 1.165) is 31.7 Å². The summed E-state index contributed by atoms with van der Waals surface area (Å²) in [5.74, 6) is 1.03. The molecule has 1 aromatic carbocycles. The molecule has 0 aliphatic carbocycles. The molecule has 84 valence electrons. The maximum absolute atomic E-state index is 6.13. The van der Waals surface area contributed by atoms with Crippen LogP contribution in [-0.4, -0.2) is 18.7 Å². The molecule has 2 heterocycles. The lowest BCUT2D eigenvalue weighted by molar-refractivity contribution is 0.139. The molecule has 2 aliphatic rings. The van der Waals surface area contributed by atoms with Crippen molar-refractivity contribution in [1.29, 1.82) is 0 Å². The van der Waals surface area contributed by atoms with E-state index in [1.54, 1.807) is 0 Å². The molecule has 2 aliphatic heterocycles. The predicted octanol–water partition coefficient (Wildman–Crippen LogP) is 2.39. The van der Waals surface area contributed by atoms with Gasteiger partial charge < -0.3 is 10.1 Å². The van der Waals surface area contributed by atoms with Gasteiger partial charge in [0.25, 0.3) is 0 Å². The summed E-state index contributed by atoms with van der Waals surface area (Å²) in [5.41, 5.74) is 2.50. The monoisotopic (exact) mass is 215 g/mol. The Balaban J connectivity index is 1.95. The lowest BCUT2D eigenvalue weighted by atomic mass is 9.96. The smallest absolute Gasteiger partial charge is 0.141 e. The number of rotatable bonds is 1. The molecule has 0 bridgehead atoms. The van der Waals surface area contributed by atoms with Gasteiger partial charge in [0.15, 0.2) is 0 Å². The quantitative estimate of drug-likeness (QED) is 0.776. The maximum Gasteiger partial charge on any atom is 0.141 e. The lowest BCUT2D eigenvalue weighted by Crippen LogP contribution is -2.37. The van der Waals surface area contributed by atoms with E-state index >= 15 is 0 Å². The molecule has 1 aromatic rings. The van der Waals surface area contributed by atoms with E-state index < -0.39 is 0 Å². The summed E-state index contributed by atoms with van der Waals surface area (Å²) < 4.78 is 6.13. The third-order valence-electron chi connectivity index (χ3n) is 3.51. The molecule has 1 fully saturated rings. The molecular weight excluding hydrogens is 198 g/mol. The van der Waals surface area contributed by atoms with Crippen LogP contribution in [0.25, 0.3) is 6.08 Å².